The maximum atomic E-state index is 11.4. The summed E-state index contributed by atoms with van der Waals surface area (Å²) in [7, 11) is 0.149. The highest BCUT2D eigenvalue weighted by molar-refractivity contribution is 7.90. The predicted molar refractivity (Wildman–Crippen MR) is 78.6 cm³/mol. The van der Waals surface area contributed by atoms with Crippen LogP contribution in [0.4, 0.5) is 0 Å². The lowest BCUT2D eigenvalue weighted by Crippen LogP contribution is -2.33. The average Bonchev–Trinajstić information content (AvgIpc) is 2.42. The molecular formula is C14H23NO4S. The van der Waals surface area contributed by atoms with Crippen molar-refractivity contribution < 1.29 is 17.9 Å². The van der Waals surface area contributed by atoms with E-state index in [2.05, 4.69) is 5.32 Å². The lowest BCUT2D eigenvalue weighted by molar-refractivity contribution is 0.0276. The first-order valence-corrected chi connectivity index (χ1v) is 8.32. The number of rotatable bonds is 8. The van der Waals surface area contributed by atoms with E-state index in [1.165, 1.54) is 6.26 Å². The summed E-state index contributed by atoms with van der Waals surface area (Å²) >= 11 is 0. The van der Waals surface area contributed by atoms with E-state index < -0.39 is 9.84 Å². The number of ether oxygens (including phenoxy) is 2. The molecule has 1 N–H and O–H groups in total. The zero-order chi connectivity index (χ0) is 15.2. The van der Waals surface area contributed by atoms with Gasteiger partial charge in [0.2, 0.25) is 0 Å². The Balaban J connectivity index is 2.62. The fourth-order valence-electron chi connectivity index (χ4n) is 1.83. The molecule has 5 nitrogen and oxygen atoms in total. The highest BCUT2D eigenvalue weighted by atomic mass is 32.2. The first kappa shape index (κ1) is 17.1. The van der Waals surface area contributed by atoms with Crippen molar-refractivity contribution in [2.75, 3.05) is 33.6 Å². The van der Waals surface area contributed by atoms with Crippen molar-refractivity contribution >= 4 is 9.84 Å². The molecule has 0 aliphatic heterocycles. The molecule has 2 unspecified atom stereocenters. The summed E-state index contributed by atoms with van der Waals surface area (Å²) in [6.07, 6.45) is 1.20. The van der Waals surface area contributed by atoms with Gasteiger partial charge in [-0.1, -0.05) is 12.1 Å². The van der Waals surface area contributed by atoms with Gasteiger partial charge in [-0.05, 0) is 24.6 Å². The summed E-state index contributed by atoms with van der Waals surface area (Å²) in [5, 5.41) is 3.34. The molecule has 0 saturated heterocycles. The van der Waals surface area contributed by atoms with Gasteiger partial charge in [-0.25, -0.2) is 8.42 Å². The Morgan fingerprint density at radius 2 is 1.80 bits per heavy atom. The van der Waals surface area contributed by atoms with Crippen molar-refractivity contribution in [2.24, 2.45) is 0 Å². The molecule has 2 atom stereocenters. The van der Waals surface area contributed by atoms with E-state index in [-0.39, 0.29) is 12.1 Å². The fraction of sp³-hybridized carbons (Fsp3) is 0.571. The molecule has 0 amide bonds. The van der Waals surface area contributed by atoms with E-state index in [0.717, 1.165) is 5.56 Å². The third-order valence-corrected chi connectivity index (χ3v) is 4.27. The molecule has 0 aliphatic rings. The summed E-state index contributed by atoms with van der Waals surface area (Å²) in [4.78, 5) is 0.336. The Kier molecular flexibility index (Phi) is 6.61. The topological polar surface area (TPSA) is 64.6 Å². The maximum Gasteiger partial charge on any atom is 0.175 e. The molecule has 0 saturated carbocycles. The summed E-state index contributed by atoms with van der Waals surface area (Å²) < 4.78 is 33.1. The molecule has 1 rings (SSSR count). The number of hydrogen-bond donors (Lipinski definition) is 1. The highest BCUT2D eigenvalue weighted by Crippen LogP contribution is 2.16. The molecule has 0 spiro atoms. The molecule has 0 bridgehead atoms. The maximum absolute atomic E-state index is 11.4. The molecule has 0 heterocycles. The van der Waals surface area contributed by atoms with Crippen LogP contribution in [0.1, 0.15) is 18.5 Å². The molecule has 0 aliphatic carbocycles. The lowest BCUT2D eigenvalue weighted by Gasteiger charge is -2.19. The van der Waals surface area contributed by atoms with Crippen LogP contribution in [0.15, 0.2) is 29.2 Å². The molecule has 1 aromatic carbocycles. The Bertz CT molecular complexity index is 498. The Morgan fingerprint density at radius 3 is 2.25 bits per heavy atom. The van der Waals surface area contributed by atoms with Crippen molar-refractivity contribution in [3.05, 3.63) is 29.8 Å². The van der Waals surface area contributed by atoms with Crippen molar-refractivity contribution in [3.8, 4) is 0 Å². The summed E-state index contributed by atoms with van der Waals surface area (Å²) in [6.45, 7) is 3.22. The predicted octanol–water partition coefficient (Wildman–Crippen LogP) is 1.40. The van der Waals surface area contributed by atoms with Crippen LogP contribution in [0.3, 0.4) is 0 Å². The zero-order valence-electron chi connectivity index (χ0n) is 12.4. The van der Waals surface area contributed by atoms with Gasteiger partial charge in [0, 0.05) is 33.1 Å². The minimum atomic E-state index is -3.14. The molecule has 0 fully saturated rings. The van der Waals surface area contributed by atoms with Crippen LogP contribution in [0.25, 0.3) is 0 Å². The van der Waals surface area contributed by atoms with Gasteiger partial charge in [-0.15, -0.1) is 0 Å². The van der Waals surface area contributed by atoms with Gasteiger partial charge >= 0.3 is 0 Å². The van der Waals surface area contributed by atoms with Crippen LogP contribution in [-0.2, 0) is 19.3 Å². The second-order valence-electron chi connectivity index (χ2n) is 4.78. The fourth-order valence-corrected chi connectivity index (χ4v) is 2.46. The Labute approximate surface area is 121 Å². The van der Waals surface area contributed by atoms with Crippen molar-refractivity contribution in [1.29, 1.82) is 0 Å². The van der Waals surface area contributed by atoms with Crippen molar-refractivity contribution in [1.82, 2.24) is 5.32 Å². The van der Waals surface area contributed by atoms with E-state index in [1.54, 1.807) is 26.4 Å². The van der Waals surface area contributed by atoms with Gasteiger partial charge in [-0.3, -0.25) is 0 Å². The number of nitrogens with one attached hydrogen (secondary N) is 1. The molecule has 0 radical (unpaired) electrons. The Morgan fingerprint density at radius 1 is 1.20 bits per heavy atom. The summed E-state index contributed by atoms with van der Waals surface area (Å²) in [5.41, 5.74) is 1.03. The third-order valence-electron chi connectivity index (χ3n) is 3.15. The van der Waals surface area contributed by atoms with Gasteiger partial charge in [0.05, 0.1) is 17.6 Å². The molecule has 114 valence electrons. The second kappa shape index (κ2) is 7.73. The van der Waals surface area contributed by atoms with E-state index in [0.29, 0.717) is 18.0 Å². The van der Waals surface area contributed by atoms with Gasteiger partial charge in [0.25, 0.3) is 0 Å². The lowest BCUT2D eigenvalue weighted by atomic mass is 10.1. The van der Waals surface area contributed by atoms with E-state index in [9.17, 15) is 8.42 Å². The number of sulfone groups is 1. The molecule has 1 aromatic rings. The van der Waals surface area contributed by atoms with Gasteiger partial charge < -0.3 is 14.8 Å². The smallest absolute Gasteiger partial charge is 0.175 e. The summed E-state index contributed by atoms with van der Waals surface area (Å²) in [6, 6.07) is 7.02. The van der Waals surface area contributed by atoms with Gasteiger partial charge in [0.1, 0.15) is 0 Å². The molecule has 0 aromatic heterocycles. The van der Waals surface area contributed by atoms with Crippen LogP contribution >= 0.6 is 0 Å². The monoisotopic (exact) mass is 301 g/mol. The first-order valence-electron chi connectivity index (χ1n) is 6.43. The Hall–Kier alpha value is -0.950. The molecule has 6 heteroatoms. The van der Waals surface area contributed by atoms with E-state index >= 15 is 0 Å². The minimum Gasteiger partial charge on any atom is -0.382 e. The number of hydrogen-bond acceptors (Lipinski definition) is 5. The van der Waals surface area contributed by atoms with Crippen molar-refractivity contribution in [2.45, 2.75) is 24.0 Å². The van der Waals surface area contributed by atoms with Gasteiger partial charge in [-0.2, -0.15) is 0 Å². The highest BCUT2D eigenvalue weighted by Gasteiger charge is 2.12. The minimum absolute atomic E-state index is 0.00209. The quantitative estimate of drug-likeness (QED) is 0.786. The van der Waals surface area contributed by atoms with Crippen molar-refractivity contribution in [3.63, 3.8) is 0 Å². The SMILES string of the molecule is COCC(CNC(C)c1ccc(S(C)(=O)=O)cc1)OC. The molecule has 20 heavy (non-hydrogen) atoms. The van der Waals surface area contributed by atoms with Crippen LogP contribution < -0.4 is 5.32 Å². The van der Waals surface area contributed by atoms with Crippen LogP contribution in [0.2, 0.25) is 0 Å². The van der Waals surface area contributed by atoms with Crippen LogP contribution in [0, 0.1) is 0 Å². The van der Waals surface area contributed by atoms with E-state index in [4.69, 9.17) is 9.47 Å². The second-order valence-corrected chi connectivity index (χ2v) is 6.80. The van der Waals surface area contributed by atoms with Gasteiger partial charge in [0.15, 0.2) is 9.84 Å². The normalized spacial score (nSPS) is 15.0. The summed E-state index contributed by atoms with van der Waals surface area (Å²) in [5.74, 6) is 0. The molecular weight excluding hydrogens is 278 g/mol. The van der Waals surface area contributed by atoms with Crippen LogP contribution in [0.5, 0.6) is 0 Å². The van der Waals surface area contributed by atoms with Crippen LogP contribution in [-0.4, -0.2) is 48.1 Å². The zero-order valence-corrected chi connectivity index (χ0v) is 13.2. The van der Waals surface area contributed by atoms with E-state index in [1.807, 2.05) is 19.1 Å². The largest absolute Gasteiger partial charge is 0.382 e. The number of methoxy groups -OCH3 is 2. The third kappa shape index (κ3) is 5.20. The first-order chi connectivity index (χ1) is 9.38. The average molecular weight is 301 g/mol. The standard InChI is InChI=1S/C14H23NO4S/c1-11(15-9-13(19-3)10-18-2)12-5-7-14(8-6-12)20(4,16)17/h5-8,11,13,15H,9-10H2,1-4H3. The number of benzene rings is 1.